The van der Waals surface area contributed by atoms with Gasteiger partial charge in [-0.25, -0.2) is 4.79 Å². The van der Waals surface area contributed by atoms with Gasteiger partial charge in [0.05, 0.1) is 90.5 Å². The van der Waals surface area contributed by atoms with Crippen LogP contribution < -0.4 is 14.2 Å². The summed E-state index contributed by atoms with van der Waals surface area (Å²) in [6.45, 7) is 13.7. The fraction of sp³-hybridized carbons (Fsp3) is 0.816. The Hall–Kier alpha value is -4.50. The molecule has 0 bridgehead atoms. The normalized spacial score (nSPS) is 48.4. The molecule has 5 aliphatic carbocycles. The van der Waals surface area contributed by atoms with E-state index in [1.165, 1.54) is 48.2 Å². The van der Waals surface area contributed by atoms with Crippen LogP contribution in [0.15, 0.2) is 42.2 Å². The predicted octanol–water partition coefficient (Wildman–Crippen LogP) is -2.13. The van der Waals surface area contributed by atoms with Gasteiger partial charge in [-0.3, -0.25) is 4.79 Å². The number of fused-ring (bicyclic) bond motifs is 7. The van der Waals surface area contributed by atoms with Crippen molar-refractivity contribution in [2.75, 3.05) is 61.0 Å². The first kappa shape index (κ1) is 85.9. The van der Waals surface area contributed by atoms with Crippen molar-refractivity contribution in [3.8, 4) is 17.2 Å². The predicted molar refractivity (Wildman–Crippen MR) is 375 cm³/mol. The summed E-state index contributed by atoms with van der Waals surface area (Å²) >= 11 is 0. The number of allylic oxidation sites excluding steroid dienone is 2. The molecule has 1 aromatic rings. The summed E-state index contributed by atoms with van der Waals surface area (Å²) in [5.74, 6) is -2.71. The SMILES string of the molecule is C=C(OC1OC(C)C(OC(=O)/C=C/c2cc(OC)c(OC)c(OC)c2)C(O)C1OC1OC(C)C(OC2OCC(O)C(OC3OCC(O)C(O)C3O)C2O)C(OC2OCC(O)(CO)C2O)C1O)C12CCC(C)(C)C[C@H]1C1=CCC3[C@@]4(C)C[C@H](O)[C@H](OC5OC(CO)C(O)C(O)C5O)[C@@](C)(C(=O)O)C4CC[C@@]3(C)[C@]1(CO)CC2. The number of methoxy groups -OCH3 is 3. The first-order chi connectivity index (χ1) is 52.3. The second-order valence-corrected chi connectivity index (χ2v) is 33.8. The summed E-state index contributed by atoms with van der Waals surface area (Å²) in [4.78, 5) is 28.2. The summed E-state index contributed by atoms with van der Waals surface area (Å²) < 4.78 is 96.7. The molecule has 6 aliphatic heterocycles. The average molecular weight is 1590 g/mol. The monoisotopic (exact) mass is 1590 g/mol. The van der Waals surface area contributed by atoms with Crippen LogP contribution in [0, 0.1) is 50.2 Å². The number of carbonyl (C=O) groups excluding carboxylic acids is 1. The number of aliphatic hydroxyl groups excluding tert-OH is 15. The van der Waals surface area contributed by atoms with Crippen molar-refractivity contribution >= 4 is 18.0 Å². The van der Waals surface area contributed by atoms with Crippen molar-refractivity contribution in [1.29, 1.82) is 0 Å². The Kier molecular flexibility index (Phi) is 25.3. The molecule has 1 aromatic carbocycles. The maximum Gasteiger partial charge on any atom is 0.331 e. The van der Waals surface area contributed by atoms with E-state index in [0.29, 0.717) is 50.5 Å². The minimum atomic E-state index is -2.28. The summed E-state index contributed by atoms with van der Waals surface area (Å²) in [6.07, 6.45) is -38.3. The van der Waals surface area contributed by atoms with Gasteiger partial charge in [0.2, 0.25) is 12.0 Å². The Labute approximate surface area is 641 Å². The number of carboxylic acids is 1. The second-order valence-electron chi connectivity index (χ2n) is 33.8. The molecule has 0 radical (unpaired) electrons. The Morgan fingerprint density at radius 2 is 1.17 bits per heavy atom. The van der Waals surface area contributed by atoms with E-state index in [4.69, 9.17) is 82.4 Å². The lowest BCUT2D eigenvalue weighted by atomic mass is 9.33. The average Bonchev–Trinajstić information content (AvgIpc) is 0.853. The molecule has 6 saturated heterocycles. The van der Waals surface area contributed by atoms with E-state index in [0.717, 1.165) is 11.6 Å². The number of aliphatic hydroxyl groups is 16. The van der Waals surface area contributed by atoms with E-state index in [-0.39, 0.29) is 53.8 Å². The van der Waals surface area contributed by atoms with E-state index in [2.05, 4.69) is 26.8 Å². The highest BCUT2D eigenvalue weighted by Crippen LogP contribution is 2.77. The molecule has 111 heavy (non-hydrogen) atoms. The lowest BCUT2D eigenvalue weighted by molar-refractivity contribution is -0.389. The largest absolute Gasteiger partial charge is 0.493 e. The first-order valence-electron chi connectivity index (χ1n) is 38.1. The smallest absolute Gasteiger partial charge is 0.331 e. The number of carbonyl (C=O) groups is 2. The van der Waals surface area contributed by atoms with Crippen LogP contribution in [0.25, 0.3) is 6.08 Å². The quantitative estimate of drug-likeness (QED) is 0.0183. The molecule has 35 heteroatoms. The number of hydrogen-bond acceptors (Lipinski definition) is 34. The molecular weight excluding hydrogens is 1470 g/mol. The first-order valence-corrected chi connectivity index (χ1v) is 38.1. The van der Waals surface area contributed by atoms with Crippen LogP contribution in [0.1, 0.15) is 112 Å². The van der Waals surface area contributed by atoms with E-state index in [1.54, 1.807) is 12.1 Å². The van der Waals surface area contributed by atoms with Gasteiger partial charge in [-0.15, -0.1) is 0 Å². The van der Waals surface area contributed by atoms with Gasteiger partial charge in [-0.1, -0.05) is 45.9 Å². The molecule has 4 saturated carbocycles. The minimum Gasteiger partial charge on any atom is -0.493 e. The van der Waals surface area contributed by atoms with Crippen LogP contribution >= 0.6 is 0 Å². The standard InChI is InChI=1S/C76H114O35/c1-32-55(106-46(83)15-12-35-22-41(96-9)58(98-11)42(23-35)97-10)52(89)60(110-66-54(91)59(109-68-61(92)76(95,30-79)31-101-68)56(33(2)102-66)107-64-53(90)57(40(82)28-100-64)108-63-50(87)47(84)39(81)27-99-63)67(103-32)104-34(3)74-19-18-70(4,5)24-37(74)36-13-14-44-71(6)25-38(80)62(111-65-51(88)49(86)48(85)43(26-77)105-65)73(8,69(93)94)45(71)16-17-72(44,7)75(36,29-78)21-20-74/h12-13,15,22-23,32-33,37-40,43-45,47-57,59-68,77-82,84-92,95H,3,14,16-21,24-31H2,1-2,4-11H3,(H,93,94)/b15-12+/t32?,33?,37-,38-,39?,40?,43?,44?,45?,47?,48?,49?,50?,51?,52?,53?,54?,55?,56?,57?,59?,60?,61?,62-,63?,64?,65?,66?,67?,68?,71+,72+,73-,74?,75-,76?/m0/s1. The Morgan fingerprint density at radius 3 is 1.80 bits per heavy atom. The highest BCUT2D eigenvalue weighted by atomic mass is 16.8. The van der Waals surface area contributed by atoms with Gasteiger partial charge in [0.25, 0.3) is 0 Å². The molecule has 0 spiro atoms. The highest BCUT2D eigenvalue weighted by Gasteiger charge is 2.74. The van der Waals surface area contributed by atoms with Crippen LogP contribution in [0.4, 0.5) is 0 Å². The molecule has 12 rings (SSSR count). The number of benzene rings is 1. The van der Waals surface area contributed by atoms with Crippen molar-refractivity contribution in [3.63, 3.8) is 0 Å². The molecule has 10 fully saturated rings. The van der Waals surface area contributed by atoms with Gasteiger partial charge in [0.1, 0.15) is 103 Å². The number of aliphatic carboxylic acids is 1. The number of carboxylic acid groups (broad SMARTS) is 1. The molecule has 628 valence electrons. The number of esters is 1. The summed E-state index contributed by atoms with van der Waals surface area (Å²) in [5.41, 5.74) is -6.73. The van der Waals surface area contributed by atoms with Crippen LogP contribution in [0.3, 0.4) is 0 Å². The number of hydrogen-bond donors (Lipinski definition) is 17. The van der Waals surface area contributed by atoms with Gasteiger partial charge < -0.3 is 163 Å². The fourth-order valence-electron chi connectivity index (χ4n) is 20.6. The minimum absolute atomic E-state index is 0.0170. The van der Waals surface area contributed by atoms with Gasteiger partial charge in [-0.05, 0) is 136 Å². The number of ether oxygens (including phenoxy) is 16. The Morgan fingerprint density at radius 1 is 0.577 bits per heavy atom. The second kappa shape index (κ2) is 32.8. The zero-order valence-electron chi connectivity index (χ0n) is 64.0. The van der Waals surface area contributed by atoms with Crippen LogP contribution in [-0.4, -0.2) is 331 Å². The van der Waals surface area contributed by atoms with Crippen LogP contribution in [0.5, 0.6) is 17.2 Å². The van der Waals surface area contributed by atoms with Crippen molar-refractivity contribution in [2.24, 2.45) is 50.2 Å². The van der Waals surface area contributed by atoms with E-state index >= 15 is 0 Å². The van der Waals surface area contributed by atoms with Gasteiger partial charge in [0, 0.05) is 16.9 Å². The van der Waals surface area contributed by atoms with Crippen molar-refractivity contribution in [1.82, 2.24) is 0 Å². The molecule has 11 aliphatic rings. The van der Waals surface area contributed by atoms with Crippen molar-refractivity contribution in [3.05, 3.63) is 47.8 Å². The summed E-state index contributed by atoms with van der Waals surface area (Å²) in [5, 5.41) is 191. The van der Waals surface area contributed by atoms with Gasteiger partial charge in [-0.2, -0.15) is 0 Å². The van der Waals surface area contributed by atoms with Crippen molar-refractivity contribution < 1.29 is 172 Å². The molecule has 0 amide bonds. The van der Waals surface area contributed by atoms with E-state index in [1.807, 2.05) is 6.92 Å². The maximum atomic E-state index is 14.1. The lowest BCUT2D eigenvalue weighted by Crippen LogP contribution is -2.71. The lowest BCUT2D eigenvalue weighted by Gasteiger charge is -2.72. The zero-order chi connectivity index (χ0) is 80.9. The molecule has 35 nitrogen and oxygen atoms in total. The van der Waals surface area contributed by atoms with Crippen LogP contribution in [0.2, 0.25) is 0 Å². The van der Waals surface area contributed by atoms with E-state index in [9.17, 15) is 96.4 Å². The zero-order valence-corrected chi connectivity index (χ0v) is 64.0. The third kappa shape index (κ3) is 15.0. The fourth-order valence-corrected chi connectivity index (χ4v) is 20.6. The Bertz CT molecular complexity index is 3480. The third-order valence-corrected chi connectivity index (χ3v) is 27.0. The maximum absolute atomic E-state index is 14.1. The third-order valence-electron chi connectivity index (χ3n) is 27.0. The topological polar surface area (TPSA) is 526 Å². The van der Waals surface area contributed by atoms with Crippen LogP contribution in [-0.2, 0) is 71.2 Å². The molecule has 0 aromatic heterocycles. The van der Waals surface area contributed by atoms with E-state index < -0.39 is 255 Å². The van der Waals surface area contributed by atoms with Gasteiger partial charge >= 0.3 is 11.9 Å². The molecule has 36 atom stereocenters. The molecule has 29 unspecified atom stereocenters. The molecule has 17 N–H and O–H groups in total. The van der Waals surface area contributed by atoms with Crippen molar-refractivity contribution in [2.45, 2.75) is 278 Å². The highest BCUT2D eigenvalue weighted by molar-refractivity contribution is 5.87. The molecular formula is C76H114O35. The number of rotatable bonds is 23. The summed E-state index contributed by atoms with van der Waals surface area (Å²) in [6, 6.07) is 3.16. The molecule has 6 heterocycles. The summed E-state index contributed by atoms with van der Waals surface area (Å²) in [7, 11) is 4.26. The Balaban J connectivity index is 0.857. The van der Waals surface area contributed by atoms with Gasteiger partial charge in [0.15, 0.2) is 55.2 Å².